The minimum Gasteiger partial charge on any atom is -0.447 e. The van der Waals surface area contributed by atoms with E-state index in [1.165, 1.54) is 9.80 Å². The zero-order valence-corrected chi connectivity index (χ0v) is 28.9. The van der Waals surface area contributed by atoms with Crippen molar-refractivity contribution in [2.24, 2.45) is 11.7 Å². The average molecular weight is 678 g/mol. The molecular formula is C37H51N5O7. The molecule has 4 atom stereocenters. The summed E-state index contributed by atoms with van der Waals surface area (Å²) < 4.78 is 5.66. The first kappa shape index (κ1) is 37.4. The topological polar surface area (TPSA) is 152 Å². The fourth-order valence-corrected chi connectivity index (χ4v) is 6.39. The van der Waals surface area contributed by atoms with Gasteiger partial charge in [0.1, 0.15) is 12.1 Å². The lowest BCUT2D eigenvalue weighted by Gasteiger charge is -2.53. The Morgan fingerprint density at radius 3 is 2.22 bits per heavy atom. The molecule has 12 heteroatoms. The fraction of sp³-hybridized carbons (Fsp3) is 0.541. The number of nitrogens with two attached hydrogens (primary N) is 1. The maximum absolute atomic E-state index is 14.3. The van der Waals surface area contributed by atoms with Gasteiger partial charge < -0.3 is 25.6 Å². The Kier molecular flexibility index (Phi) is 14.0. The molecule has 0 saturated carbocycles. The second kappa shape index (κ2) is 18.4. The molecule has 0 aromatic heterocycles. The lowest BCUT2D eigenvalue weighted by Crippen LogP contribution is -2.75. The average Bonchev–Trinajstić information content (AvgIpc) is 3.08. The van der Waals surface area contributed by atoms with Crippen molar-refractivity contribution in [3.8, 4) is 0 Å². The number of aryl methyl sites for hydroxylation is 1. The lowest BCUT2D eigenvalue weighted by atomic mass is 9.96. The van der Waals surface area contributed by atoms with Gasteiger partial charge in [-0.2, -0.15) is 5.06 Å². The normalized spacial score (nSPS) is 19.8. The van der Waals surface area contributed by atoms with Crippen LogP contribution in [0.3, 0.4) is 0 Å². The molecular weight excluding hydrogens is 626 g/mol. The number of hydrogen-bond acceptors (Lipinski definition) is 7. The monoisotopic (exact) mass is 677 g/mol. The molecule has 0 aliphatic carbocycles. The van der Waals surface area contributed by atoms with Crippen molar-refractivity contribution in [1.29, 1.82) is 0 Å². The molecule has 266 valence electrons. The molecule has 2 aromatic rings. The van der Waals surface area contributed by atoms with E-state index in [1.54, 1.807) is 0 Å². The van der Waals surface area contributed by atoms with Crippen LogP contribution in [0.5, 0.6) is 0 Å². The molecule has 3 N–H and O–H groups in total. The highest BCUT2D eigenvalue weighted by Gasteiger charge is 2.54. The Morgan fingerprint density at radius 1 is 0.959 bits per heavy atom. The van der Waals surface area contributed by atoms with Crippen LogP contribution in [0.15, 0.2) is 60.7 Å². The summed E-state index contributed by atoms with van der Waals surface area (Å²) in [5, 5.41) is 4.05. The van der Waals surface area contributed by atoms with Crippen LogP contribution in [0.4, 0.5) is 4.79 Å². The quantitative estimate of drug-likeness (QED) is 0.241. The van der Waals surface area contributed by atoms with Crippen molar-refractivity contribution in [3.05, 3.63) is 71.8 Å². The predicted molar refractivity (Wildman–Crippen MR) is 183 cm³/mol. The van der Waals surface area contributed by atoms with Gasteiger partial charge in [-0.3, -0.25) is 24.0 Å². The molecule has 2 aliphatic rings. The highest BCUT2D eigenvalue weighted by molar-refractivity contribution is 5.95. The summed E-state index contributed by atoms with van der Waals surface area (Å²) in [4.78, 5) is 76.6. The Labute approximate surface area is 289 Å². The molecule has 0 bridgehead atoms. The number of ether oxygens (including phenoxy) is 1. The van der Waals surface area contributed by atoms with E-state index in [1.807, 2.05) is 81.4 Å². The molecule has 2 aliphatic heterocycles. The smallest absolute Gasteiger partial charge is 0.436 e. The number of rotatable bonds is 17. The van der Waals surface area contributed by atoms with Gasteiger partial charge in [-0.05, 0) is 49.1 Å². The number of hydrogen-bond donors (Lipinski definition) is 2. The van der Waals surface area contributed by atoms with E-state index in [2.05, 4.69) is 5.32 Å². The van der Waals surface area contributed by atoms with E-state index in [0.29, 0.717) is 38.6 Å². The zero-order chi connectivity index (χ0) is 35.3. The van der Waals surface area contributed by atoms with Crippen molar-refractivity contribution >= 4 is 29.7 Å². The molecule has 2 fully saturated rings. The number of fused-ring (bicyclic) bond motifs is 1. The molecule has 0 spiro atoms. The Hall–Kier alpha value is -4.45. The third-order valence-corrected chi connectivity index (χ3v) is 8.91. The van der Waals surface area contributed by atoms with Crippen molar-refractivity contribution in [1.82, 2.24) is 20.2 Å². The van der Waals surface area contributed by atoms with E-state index in [4.69, 9.17) is 15.3 Å². The Morgan fingerprint density at radius 2 is 1.61 bits per heavy atom. The van der Waals surface area contributed by atoms with Crippen LogP contribution in [0.1, 0.15) is 76.8 Å². The SMILES string of the molecule is CCCC[C@@H](C(=O)NCCCc1ccccc1)N1CC2N(C(=O)OCCc3ccccc3)O[C@H](CC(C)C)C(=O)N2[C@@H](CCC(N)=O)C1=O. The summed E-state index contributed by atoms with van der Waals surface area (Å²) in [6, 6.07) is 17.6. The van der Waals surface area contributed by atoms with Gasteiger partial charge in [-0.1, -0.05) is 94.3 Å². The summed E-state index contributed by atoms with van der Waals surface area (Å²) in [5.41, 5.74) is 7.66. The van der Waals surface area contributed by atoms with Crippen LogP contribution in [0, 0.1) is 5.92 Å². The first-order valence-corrected chi connectivity index (χ1v) is 17.5. The maximum atomic E-state index is 14.3. The largest absolute Gasteiger partial charge is 0.447 e. The van der Waals surface area contributed by atoms with Crippen LogP contribution in [0.2, 0.25) is 0 Å². The van der Waals surface area contributed by atoms with Gasteiger partial charge in [0.2, 0.25) is 17.7 Å². The number of unbranched alkanes of at least 4 members (excludes halogenated alkanes) is 1. The van der Waals surface area contributed by atoms with Gasteiger partial charge >= 0.3 is 6.09 Å². The zero-order valence-electron chi connectivity index (χ0n) is 28.9. The van der Waals surface area contributed by atoms with Gasteiger partial charge in [0.15, 0.2) is 12.3 Å². The van der Waals surface area contributed by atoms with E-state index in [0.717, 1.165) is 29.0 Å². The summed E-state index contributed by atoms with van der Waals surface area (Å²) in [6.45, 7) is 6.17. The third kappa shape index (κ3) is 10.3. The molecule has 5 amide bonds. The van der Waals surface area contributed by atoms with Crippen LogP contribution >= 0.6 is 0 Å². The summed E-state index contributed by atoms with van der Waals surface area (Å²) >= 11 is 0. The molecule has 1 unspecified atom stereocenters. The van der Waals surface area contributed by atoms with Gasteiger partial charge in [0.25, 0.3) is 5.91 Å². The van der Waals surface area contributed by atoms with Gasteiger partial charge in [0.05, 0.1) is 13.2 Å². The second-order valence-electron chi connectivity index (χ2n) is 13.2. The van der Waals surface area contributed by atoms with E-state index >= 15 is 0 Å². The highest BCUT2D eigenvalue weighted by atomic mass is 16.7. The van der Waals surface area contributed by atoms with Gasteiger partial charge in [-0.25, -0.2) is 4.79 Å². The second-order valence-corrected chi connectivity index (χ2v) is 13.2. The van der Waals surface area contributed by atoms with E-state index < -0.39 is 48.2 Å². The number of carbonyl (C=O) groups excluding carboxylic acids is 5. The fourth-order valence-electron chi connectivity index (χ4n) is 6.39. The van der Waals surface area contributed by atoms with Crippen LogP contribution in [-0.2, 0) is 41.6 Å². The van der Waals surface area contributed by atoms with Crippen molar-refractivity contribution < 1.29 is 33.5 Å². The Bertz CT molecular complexity index is 1410. The predicted octanol–water partition coefficient (Wildman–Crippen LogP) is 3.97. The molecule has 2 heterocycles. The minimum atomic E-state index is -1.13. The van der Waals surface area contributed by atoms with Gasteiger partial charge in [0, 0.05) is 19.4 Å². The van der Waals surface area contributed by atoms with E-state index in [9.17, 15) is 24.0 Å². The molecule has 0 radical (unpaired) electrons. The first-order chi connectivity index (χ1) is 23.6. The number of amides is 5. The number of benzene rings is 2. The molecule has 49 heavy (non-hydrogen) atoms. The standard InChI is InChI=1S/C37H51N5O7/c1-4-5-18-29(34(44)39-22-12-17-27-13-8-6-9-14-27)40-25-33-41(30(35(40)45)19-20-32(38)43)36(46)31(24-26(2)3)49-42(33)37(47)48-23-21-28-15-10-7-11-16-28/h6-11,13-16,26,29-31,33H,4-5,12,17-25H2,1-3H3,(H2,38,43)(H,39,44)/t29-,30-,31+,33?/m0/s1. The Balaban J connectivity index is 1.59. The number of hydroxylamine groups is 2. The van der Waals surface area contributed by atoms with Gasteiger partial charge in [-0.15, -0.1) is 0 Å². The summed E-state index contributed by atoms with van der Waals surface area (Å²) in [7, 11) is 0. The number of nitrogens with zero attached hydrogens (tertiary/aromatic N) is 3. The minimum absolute atomic E-state index is 0.0338. The summed E-state index contributed by atoms with van der Waals surface area (Å²) in [6.07, 6.45) is 0.961. The number of primary amides is 1. The molecule has 4 rings (SSSR count). The lowest BCUT2D eigenvalue weighted by molar-refractivity contribution is -0.269. The van der Waals surface area contributed by atoms with Crippen molar-refractivity contribution in [2.45, 2.75) is 103 Å². The van der Waals surface area contributed by atoms with Crippen molar-refractivity contribution in [2.75, 3.05) is 19.7 Å². The molecule has 12 nitrogen and oxygen atoms in total. The molecule has 2 saturated heterocycles. The number of nitrogens with one attached hydrogen (secondary N) is 1. The van der Waals surface area contributed by atoms with E-state index in [-0.39, 0.29) is 37.8 Å². The number of piperazine rings is 1. The first-order valence-electron chi connectivity index (χ1n) is 17.5. The summed E-state index contributed by atoms with van der Waals surface area (Å²) in [5.74, 6) is -1.82. The number of carbonyl (C=O) groups is 5. The highest BCUT2D eigenvalue weighted by Crippen LogP contribution is 2.33. The van der Waals surface area contributed by atoms with Crippen LogP contribution < -0.4 is 11.1 Å². The van der Waals surface area contributed by atoms with Crippen molar-refractivity contribution in [3.63, 3.8) is 0 Å². The third-order valence-electron chi connectivity index (χ3n) is 8.91. The molecule has 2 aromatic carbocycles. The maximum Gasteiger partial charge on any atom is 0.436 e. The van der Waals surface area contributed by atoms with Crippen LogP contribution in [0.25, 0.3) is 0 Å². The van der Waals surface area contributed by atoms with Crippen LogP contribution in [-0.4, -0.2) is 88.6 Å².